The summed E-state index contributed by atoms with van der Waals surface area (Å²) in [4.78, 5) is 41.2. The Balaban J connectivity index is 1.56. The zero-order valence-electron chi connectivity index (χ0n) is 15.4. The average molecular weight is 381 g/mol. The van der Waals surface area contributed by atoms with E-state index in [2.05, 4.69) is 5.32 Å². The van der Waals surface area contributed by atoms with Crippen LogP contribution >= 0.6 is 0 Å². The van der Waals surface area contributed by atoms with Crippen LogP contribution in [0.15, 0.2) is 48.5 Å². The molecule has 6 nitrogen and oxygen atoms in total. The van der Waals surface area contributed by atoms with Gasteiger partial charge < -0.3 is 15.1 Å². The van der Waals surface area contributed by atoms with Gasteiger partial charge in [0.15, 0.2) is 0 Å². The van der Waals surface area contributed by atoms with E-state index in [9.17, 15) is 18.8 Å². The highest BCUT2D eigenvalue weighted by atomic mass is 19.1. The van der Waals surface area contributed by atoms with Crippen LogP contribution in [-0.2, 0) is 19.8 Å². The number of likely N-dealkylation sites (tertiary alicyclic amines) is 1. The summed E-state index contributed by atoms with van der Waals surface area (Å²) in [6, 6.07) is 12.9. The molecule has 2 aliphatic heterocycles. The van der Waals surface area contributed by atoms with Crippen LogP contribution in [0.3, 0.4) is 0 Å². The lowest BCUT2D eigenvalue weighted by molar-refractivity contribution is -0.145. The van der Waals surface area contributed by atoms with E-state index in [1.165, 1.54) is 23.1 Å². The third-order valence-electron chi connectivity index (χ3n) is 5.55. The Labute approximate surface area is 161 Å². The molecule has 7 heteroatoms. The Hall–Kier alpha value is -3.22. The number of likely N-dealkylation sites (N-methyl/N-ethyl adjacent to an activating group) is 1. The van der Waals surface area contributed by atoms with Gasteiger partial charge in [0.25, 0.3) is 0 Å². The molecule has 0 bridgehead atoms. The maximum absolute atomic E-state index is 13.3. The predicted octanol–water partition coefficient (Wildman–Crippen LogP) is 2.30. The Kier molecular flexibility index (Phi) is 4.37. The normalized spacial score (nSPS) is 21.0. The number of carbonyl (C=O) groups is 3. The second kappa shape index (κ2) is 6.74. The number of nitrogens with zero attached hydrogens (tertiary/aromatic N) is 2. The van der Waals surface area contributed by atoms with Crippen molar-refractivity contribution in [2.24, 2.45) is 0 Å². The zero-order chi connectivity index (χ0) is 19.9. The number of hydrogen-bond donors (Lipinski definition) is 1. The van der Waals surface area contributed by atoms with E-state index in [1.54, 1.807) is 11.9 Å². The number of hydrogen-bond acceptors (Lipinski definition) is 3. The highest BCUT2D eigenvalue weighted by molar-refractivity contribution is 6.39. The fourth-order valence-electron chi connectivity index (χ4n) is 4.23. The number of amides is 3. The quantitative estimate of drug-likeness (QED) is 0.771. The van der Waals surface area contributed by atoms with Gasteiger partial charge in [-0.3, -0.25) is 14.4 Å². The fourth-order valence-corrected chi connectivity index (χ4v) is 4.23. The van der Waals surface area contributed by atoms with Crippen molar-refractivity contribution in [1.82, 2.24) is 4.90 Å². The maximum Gasteiger partial charge on any atom is 0.313 e. The summed E-state index contributed by atoms with van der Waals surface area (Å²) in [5.41, 5.74) is 1.13. The molecule has 3 amide bonds. The molecule has 2 aromatic carbocycles. The summed E-state index contributed by atoms with van der Waals surface area (Å²) in [6.45, 7) is 0.554. The molecule has 0 aliphatic carbocycles. The lowest BCUT2D eigenvalue weighted by Crippen LogP contribution is -2.55. The molecular formula is C21H20FN3O3. The first-order valence-corrected chi connectivity index (χ1v) is 9.16. The van der Waals surface area contributed by atoms with Crippen molar-refractivity contribution in [3.63, 3.8) is 0 Å². The molecule has 144 valence electrons. The molecule has 1 atom stereocenters. The number of benzene rings is 2. The molecular weight excluding hydrogens is 361 g/mol. The van der Waals surface area contributed by atoms with Crippen LogP contribution in [0.5, 0.6) is 0 Å². The molecule has 0 aromatic heterocycles. The third kappa shape index (κ3) is 2.83. The summed E-state index contributed by atoms with van der Waals surface area (Å²) in [7, 11) is 1.73. The molecule has 28 heavy (non-hydrogen) atoms. The van der Waals surface area contributed by atoms with Crippen molar-refractivity contribution in [2.45, 2.75) is 18.3 Å². The molecule has 4 rings (SSSR count). The lowest BCUT2D eigenvalue weighted by atomic mass is 9.75. The van der Waals surface area contributed by atoms with E-state index in [-0.39, 0.29) is 18.1 Å². The number of halogens is 1. The minimum atomic E-state index is -0.838. The van der Waals surface area contributed by atoms with Gasteiger partial charge >= 0.3 is 11.8 Å². The van der Waals surface area contributed by atoms with Crippen LogP contribution < -0.4 is 10.2 Å². The third-order valence-corrected chi connectivity index (χ3v) is 5.55. The molecule has 0 radical (unpaired) electrons. The van der Waals surface area contributed by atoms with Crippen LogP contribution in [0, 0.1) is 5.82 Å². The minimum absolute atomic E-state index is 0.0586. The van der Waals surface area contributed by atoms with E-state index in [0.29, 0.717) is 19.4 Å². The molecule has 2 aromatic rings. The van der Waals surface area contributed by atoms with E-state index >= 15 is 0 Å². The smallest absolute Gasteiger partial charge is 0.313 e. The van der Waals surface area contributed by atoms with E-state index < -0.39 is 23.0 Å². The number of para-hydroxylation sites is 1. The number of anilines is 2. The SMILES string of the molecule is CN1C(=O)C2(CCCN(C(=O)C(=O)Nc3cccc(F)c3)C2)c2ccccc21. The average Bonchev–Trinajstić information content (AvgIpc) is 2.90. The van der Waals surface area contributed by atoms with Crippen LogP contribution in [0.25, 0.3) is 0 Å². The van der Waals surface area contributed by atoms with Gasteiger partial charge in [0.1, 0.15) is 5.82 Å². The largest absolute Gasteiger partial charge is 0.333 e. The Bertz CT molecular complexity index is 977. The standard InChI is InChI=1S/C21H20FN3O3/c1-24-17-9-3-2-8-16(17)21(20(24)28)10-5-11-25(13-21)19(27)18(26)23-15-7-4-6-14(22)12-15/h2-4,6-9,12H,5,10-11,13H2,1H3,(H,23,26). The van der Waals surface area contributed by atoms with Gasteiger partial charge in [0.2, 0.25) is 5.91 Å². The van der Waals surface area contributed by atoms with Gasteiger partial charge in [-0.2, -0.15) is 0 Å². The summed E-state index contributed by atoms with van der Waals surface area (Å²) in [5.74, 6) is -2.12. The van der Waals surface area contributed by atoms with Crippen LogP contribution in [0.2, 0.25) is 0 Å². The summed E-state index contributed by atoms with van der Waals surface area (Å²) >= 11 is 0. The molecule has 1 spiro atoms. The molecule has 1 fully saturated rings. The van der Waals surface area contributed by atoms with Crippen molar-refractivity contribution in [1.29, 1.82) is 0 Å². The number of carbonyl (C=O) groups excluding carboxylic acids is 3. The topological polar surface area (TPSA) is 69.7 Å². The number of piperidine rings is 1. The molecule has 2 heterocycles. The Morgan fingerprint density at radius 1 is 1.14 bits per heavy atom. The molecule has 1 N–H and O–H groups in total. The zero-order valence-corrected chi connectivity index (χ0v) is 15.4. The monoisotopic (exact) mass is 381 g/mol. The highest BCUT2D eigenvalue weighted by Gasteiger charge is 2.52. The van der Waals surface area contributed by atoms with Crippen molar-refractivity contribution < 1.29 is 18.8 Å². The maximum atomic E-state index is 13.3. The lowest BCUT2D eigenvalue weighted by Gasteiger charge is -2.39. The molecule has 0 saturated carbocycles. The van der Waals surface area contributed by atoms with E-state index in [1.807, 2.05) is 24.3 Å². The van der Waals surface area contributed by atoms with Gasteiger partial charge in [-0.1, -0.05) is 24.3 Å². The first kappa shape index (κ1) is 18.2. The van der Waals surface area contributed by atoms with Gasteiger partial charge in [0.05, 0.1) is 5.41 Å². The van der Waals surface area contributed by atoms with Crippen molar-refractivity contribution >= 4 is 29.1 Å². The van der Waals surface area contributed by atoms with Crippen LogP contribution in [0.4, 0.5) is 15.8 Å². The second-order valence-corrected chi connectivity index (χ2v) is 7.26. The minimum Gasteiger partial charge on any atom is -0.333 e. The predicted molar refractivity (Wildman–Crippen MR) is 102 cm³/mol. The number of fused-ring (bicyclic) bond motifs is 2. The fraction of sp³-hybridized carbons (Fsp3) is 0.286. The van der Waals surface area contributed by atoms with Gasteiger partial charge in [-0.25, -0.2) is 4.39 Å². The second-order valence-electron chi connectivity index (χ2n) is 7.26. The summed E-state index contributed by atoms with van der Waals surface area (Å²) in [5, 5.41) is 2.43. The van der Waals surface area contributed by atoms with E-state index in [4.69, 9.17) is 0 Å². The number of rotatable bonds is 1. The Morgan fingerprint density at radius 2 is 1.93 bits per heavy atom. The summed E-state index contributed by atoms with van der Waals surface area (Å²) in [6.07, 6.45) is 1.25. The highest BCUT2D eigenvalue weighted by Crippen LogP contribution is 2.46. The first-order valence-electron chi connectivity index (χ1n) is 9.16. The van der Waals surface area contributed by atoms with Crippen molar-refractivity contribution in [3.8, 4) is 0 Å². The Morgan fingerprint density at radius 3 is 2.71 bits per heavy atom. The van der Waals surface area contributed by atoms with E-state index in [0.717, 1.165) is 17.3 Å². The van der Waals surface area contributed by atoms with Gasteiger partial charge in [0, 0.05) is 31.5 Å². The molecule has 1 unspecified atom stereocenters. The molecule has 2 aliphatic rings. The van der Waals surface area contributed by atoms with Crippen LogP contribution in [-0.4, -0.2) is 42.8 Å². The first-order chi connectivity index (χ1) is 13.4. The van der Waals surface area contributed by atoms with Crippen LogP contribution in [0.1, 0.15) is 18.4 Å². The van der Waals surface area contributed by atoms with Gasteiger partial charge in [-0.05, 0) is 42.7 Å². The van der Waals surface area contributed by atoms with Crippen molar-refractivity contribution in [3.05, 3.63) is 59.9 Å². The molecule has 1 saturated heterocycles. The number of nitrogens with one attached hydrogen (secondary N) is 1. The van der Waals surface area contributed by atoms with Gasteiger partial charge in [-0.15, -0.1) is 0 Å². The summed E-state index contributed by atoms with van der Waals surface area (Å²) < 4.78 is 13.3. The van der Waals surface area contributed by atoms with Crippen molar-refractivity contribution in [2.75, 3.05) is 30.4 Å².